The molecule has 0 radical (unpaired) electrons. The number of carbonyl (C=O) groups is 1. The average molecular weight is 363 g/mol. The summed E-state index contributed by atoms with van der Waals surface area (Å²) in [5, 5.41) is 3.59. The lowest BCUT2D eigenvalue weighted by molar-refractivity contribution is -0.122. The molecule has 0 aliphatic heterocycles. The van der Waals surface area contributed by atoms with Gasteiger partial charge in [0.05, 0.1) is 20.8 Å². The monoisotopic (exact) mass is 362 g/mol. The fraction of sp³-hybridized carbons (Fsp3) is 0.316. The zero-order chi connectivity index (χ0) is 18.2. The topological polar surface area (TPSA) is 50.8 Å². The predicted octanol–water partition coefficient (Wildman–Crippen LogP) is 3.11. The summed E-state index contributed by atoms with van der Waals surface area (Å²) in [7, 11) is 5.13. The Balaban J connectivity index is 1.85. The molecule has 2 aromatic rings. The van der Waals surface area contributed by atoms with Gasteiger partial charge in [0.2, 0.25) is 5.91 Å². The van der Waals surface area contributed by atoms with Crippen molar-refractivity contribution in [2.24, 2.45) is 0 Å². The van der Waals surface area contributed by atoms with Gasteiger partial charge in [-0.3, -0.25) is 9.69 Å². The zero-order valence-electron chi connectivity index (χ0n) is 14.7. The van der Waals surface area contributed by atoms with Gasteiger partial charge in [0.1, 0.15) is 11.5 Å². The van der Waals surface area contributed by atoms with Gasteiger partial charge in [0.15, 0.2) is 0 Å². The number of methoxy groups -OCH3 is 2. The molecule has 6 heteroatoms. The lowest BCUT2D eigenvalue weighted by Crippen LogP contribution is -2.34. The molecule has 0 spiro atoms. The first-order valence-electron chi connectivity index (χ1n) is 7.92. The van der Waals surface area contributed by atoms with Crippen molar-refractivity contribution in [3.8, 4) is 11.5 Å². The molecule has 2 rings (SSSR count). The van der Waals surface area contributed by atoms with Crippen molar-refractivity contribution in [3.63, 3.8) is 0 Å². The number of hydrogen-bond acceptors (Lipinski definition) is 4. The Labute approximate surface area is 153 Å². The van der Waals surface area contributed by atoms with Crippen molar-refractivity contribution in [2.45, 2.75) is 13.1 Å². The van der Waals surface area contributed by atoms with E-state index in [0.29, 0.717) is 24.7 Å². The van der Waals surface area contributed by atoms with Gasteiger partial charge in [-0.15, -0.1) is 0 Å². The van der Waals surface area contributed by atoms with Crippen LogP contribution in [-0.2, 0) is 17.9 Å². The van der Waals surface area contributed by atoms with E-state index in [4.69, 9.17) is 21.1 Å². The van der Waals surface area contributed by atoms with Crippen molar-refractivity contribution in [1.29, 1.82) is 0 Å². The van der Waals surface area contributed by atoms with Gasteiger partial charge in [-0.25, -0.2) is 0 Å². The average Bonchev–Trinajstić information content (AvgIpc) is 2.61. The molecule has 1 amide bonds. The summed E-state index contributed by atoms with van der Waals surface area (Å²) in [5.41, 5.74) is 2.01. The Hall–Kier alpha value is -2.24. The molecule has 134 valence electrons. The number of benzene rings is 2. The summed E-state index contributed by atoms with van der Waals surface area (Å²) in [6.45, 7) is 1.38. The normalized spacial score (nSPS) is 10.6. The maximum atomic E-state index is 12.1. The maximum absolute atomic E-state index is 12.1. The van der Waals surface area contributed by atoms with Crippen LogP contribution in [-0.4, -0.2) is 38.6 Å². The molecule has 0 atom stereocenters. The standard InChI is InChI=1S/C19H23ClN2O3/c1-22(12-15-6-9-17(24-2)10-18(15)25-3)13-19(23)21-11-14-4-7-16(20)8-5-14/h4-10H,11-13H2,1-3H3,(H,21,23). The first kappa shape index (κ1) is 19.1. The largest absolute Gasteiger partial charge is 0.497 e. The molecule has 0 unspecified atom stereocenters. The number of hydrogen-bond donors (Lipinski definition) is 1. The lowest BCUT2D eigenvalue weighted by atomic mass is 10.1. The highest BCUT2D eigenvalue weighted by Gasteiger charge is 2.11. The minimum atomic E-state index is -0.0371. The molecule has 25 heavy (non-hydrogen) atoms. The molecule has 0 saturated carbocycles. The third kappa shape index (κ3) is 5.96. The minimum absolute atomic E-state index is 0.0371. The second-order valence-electron chi connectivity index (χ2n) is 5.75. The highest BCUT2D eigenvalue weighted by atomic mass is 35.5. The number of carbonyl (C=O) groups excluding carboxylic acids is 1. The Morgan fingerprint density at radius 2 is 1.84 bits per heavy atom. The van der Waals surface area contributed by atoms with Crippen molar-refractivity contribution in [1.82, 2.24) is 10.2 Å². The van der Waals surface area contributed by atoms with Gasteiger partial charge >= 0.3 is 0 Å². The number of amides is 1. The minimum Gasteiger partial charge on any atom is -0.497 e. The van der Waals surface area contributed by atoms with E-state index in [2.05, 4.69) is 5.32 Å². The summed E-state index contributed by atoms with van der Waals surface area (Å²) < 4.78 is 10.6. The quantitative estimate of drug-likeness (QED) is 0.784. The number of nitrogens with zero attached hydrogens (tertiary/aromatic N) is 1. The summed E-state index contributed by atoms with van der Waals surface area (Å²) in [6, 6.07) is 13.1. The number of likely N-dealkylation sites (N-methyl/N-ethyl adjacent to an activating group) is 1. The molecule has 0 saturated heterocycles. The SMILES string of the molecule is COc1ccc(CN(C)CC(=O)NCc2ccc(Cl)cc2)c(OC)c1. The van der Waals surface area contributed by atoms with Crippen LogP contribution in [0.5, 0.6) is 11.5 Å². The van der Waals surface area contributed by atoms with E-state index in [-0.39, 0.29) is 5.91 Å². The summed E-state index contributed by atoms with van der Waals surface area (Å²) in [6.07, 6.45) is 0. The molecule has 0 bridgehead atoms. The molecule has 0 fully saturated rings. The summed E-state index contributed by atoms with van der Waals surface area (Å²) >= 11 is 5.85. The summed E-state index contributed by atoms with van der Waals surface area (Å²) in [4.78, 5) is 14.0. The van der Waals surface area contributed by atoms with Crippen molar-refractivity contribution in [3.05, 3.63) is 58.6 Å². The molecule has 0 aliphatic rings. The number of ether oxygens (including phenoxy) is 2. The van der Waals surface area contributed by atoms with Crippen molar-refractivity contribution < 1.29 is 14.3 Å². The molecular formula is C19H23ClN2O3. The first-order valence-corrected chi connectivity index (χ1v) is 8.30. The lowest BCUT2D eigenvalue weighted by Gasteiger charge is -2.18. The number of nitrogens with one attached hydrogen (secondary N) is 1. The molecule has 1 N–H and O–H groups in total. The van der Waals surface area contributed by atoms with E-state index >= 15 is 0 Å². The highest BCUT2D eigenvalue weighted by molar-refractivity contribution is 6.30. The van der Waals surface area contributed by atoms with E-state index in [0.717, 1.165) is 22.6 Å². The number of rotatable bonds is 8. The van der Waals surface area contributed by atoms with Gasteiger partial charge in [-0.05, 0) is 30.8 Å². The van der Waals surface area contributed by atoms with Crippen LogP contribution in [0.4, 0.5) is 0 Å². The van der Waals surface area contributed by atoms with Gasteiger partial charge in [-0.1, -0.05) is 29.8 Å². The predicted molar refractivity (Wildman–Crippen MR) is 99.2 cm³/mol. The Morgan fingerprint density at radius 3 is 2.48 bits per heavy atom. The van der Waals surface area contributed by atoms with E-state index in [1.165, 1.54) is 0 Å². The Kier molecular flexibility index (Phi) is 7.10. The van der Waals surface area contributed by atoms with Crippen LogP contribution in [0.1, 0.15) is 11.1 Å². The van der Waals surface area contributed by atoms with E-state index < -0.39 is 0 Å². The molecule has 0 heterocycles. The maximum Gasteiger partial charge on any atom is 0.234 e. The fourth-order valence-electron chi connectivity index (χ4n) is 2.43. The number of halogens is 1. The first-order chi connectivity index (χ1) is 12.0. The third-order valence-electron chi connectivity index (χ3n) is 3.75. The van der Waals surface area contributed by atoms with Crippen LogP contribution in [0, 0.1) is 0 Å². The molecule has 5 nitrogen and oxygen atoms in total. The van der Waals surface area contributed by atoms with E-state index in [1.54, 1.807) is 14.2 Å². The zero-order valence-corrected chi connectivity index (χ0v) is 15.5. The highest BCUT2D eigenvalue weighted by Crippen LogP contribution is 2.25. The van der Waals surface area contributed by atoms with Crippen molar-refractivity contribution in [2.75, 3.05) is 27.8 Å². The molecule has 0 aromatic heterocycles. The smallest absolute Gasteiger partial charge is 0.234 e. The van der Waals surface area contributed by atoms with Gasteiger partial charge in [0.25, 0.3) is 0 Å². The van der Waals surface area contributed by atoms with E-state index in [1.807, 2.05) is 54.4 Å². The van der Waals surface area contributed by atoms with Gasteiger partial charge in [-0.2, -0.15) is 0 Å². The van der Waals surface area contributed by atoms with Crippen LogP contribution < -0.4 is 14.8 Å². The molecular weight excluding hydrogens is 340 g/mol. The van der Waals surface area contributed by atoms with Gasteiger partial charge < -0.3 is 14.8 Å². The molecule has 0 aliphatic carbocycles. The fourth-order valence-corrected chi connectivity index (χ4v) is 2.56. The second-order valence-corrected chi connectivity index (χ2v) is 6.19. The Morgan fingerprint density at radius 1 is 1.12 bits per heavy atom. The summed E-state index contributed by atoms with van der Waals surface area (Å²) in [5.74, 6) is 1.45. The van der Waals surface area contributed by atoms with Gasteiger partial charge in [0, 0.05) is 29.7 Å². The Bertz CT molecular complexity index is 704. The second kappa shape index (κ2) is 9.30. The molecule has 2 aromatic carbocycles. The van der Waals surface area contributed by atoms with Crippen LogP contribution in [0.15, 0.2) is 42.5 Å². The van der Waals surface area contributed by atoms with E-state index in [9.17, 15) is 4.79 Å². The van der Waals surface area contributed by atoms with Crippen LogP contribution >= 0.6 is 11.6 Å². The third-order valence-corrected chi connectivity index (χ3v) is 4.00. The van der Waals surface area contributed by atoms with Crippen LogP contribution in [0.2, 0.25) is 5.02 Å². The van der Waals surface area contributed by atoms with Crippen LogP contribution in [0.3, 0.4) is 0 Å². The van der Waals surface area contributed by atoms with Crippen LogP contribution in [0.25, 0.3) is 0 Å². The van der Waals surface area contributed by atoms with Crippen molar-refractivity contribution >= 4 is 17.5 Å².